The summed E-state index contributed by atoms with van der Waals surface area (Å²) in [5.41, 5.74) is 45.9. The van der Waals surface area contributed by atoms with Gasteiger partial charge in [0.1, 0.15) is 0 Å². The van der Waals surface area contributed by atoms with Gasteiger partial charge in [-0.25, -0.2) is 0 Å². The molecule has 0 bridgehead atoms. The third-order valence-electron chi connectivity index (χ3n) is 26.0. The highest BCUT2D eigenvalue weighted by atomic mass is 15.2. The first-order chi connectivity index (χ1) is 63.9. The van der Waals surface area contributed by atoms with Gasteiger partial charge in [-0.1, -0.05) is 406 Å². The summed E-state index contributed by atoms with van der Waals surface area (Å²) in [6.45, 7) is -0.387. The fourth-order valence-electron chi connectivity index (χ4n) is 19.8. The summed E-state index contributed by atoms with van der Waals surface area (Å²) < 4.78 is 0. The number of anilines is 6. The third kappa shape index (κ3) is 14.8. The molecule has 0 aromatic heterocycles. The fourth-order valence-corrected chi connectivity index (χ4v) is 19.8. The zero-order chi connectivity index (χ0) is 85.5. The van der Waals surface area contributed by atoms with Crippen LogP contribution in [0.25, 0.3) is 178 Å². The van der Waals surface area contributed by atoms with Gasteiger partial charge in [-0.05, 0) is 281 Å². The van der Waals surface area contributed by atoms with E-state index in [1.807, 2.05) is 0 Å². The third-order valence-corrected chi connectivity index (χ3v) is 26.0. The molecule has 0 atom stereocenters. The molecule has 0 fully saturated rings. The van der Waals surface area contributed by atoms with Gasteiger partial charge in [-0.2, -0.15) is 0 Å². The van der Waals surface area contributed by atoms with Crippen molar-refractivity contribution in [3.63, 3.8) is 0 Å². The SMILES string of the molecule is c1ccc(-c2cc(-c3ccccc3)cc(-c3ccc4c(c3)B3c5cc(-c6cc(-c7ccccc7)cc(-c7ccccc7)c6)ccc5N(c5c(-c6cccc(-c7ccccc7)c6)cc(-c6ccccc6)cc5-c5cccc(-c6ccccc6)c5)c5cccc(c53)N4c3c(-c4cccc(-c5ccccc5)c4)cc(-c4ccccc4)cc3-c3cccc(-c4ccccc4)c3)c2)cc1. The van der Waals surface area contributed by atoms with E-state index >= 15 is 0 Å². The van der Waals surface area contributed by atoms with Gasteiger partial charge in [0.05, 0.1) is 11.4 Å². The first-order valence-corrected chi connectivity index (χ1v) is 44.6. The van der Waals surface area contributed by atoms with Crippen molar-refractivity contribution in [2.24, 2.45) is 0 Å². The Morgan fingerprint density at radius 1 is 0.116 bits per heavy atom. The van der Waals surface area contributed by atoms with Crippen molar-refractivity contribution in [2.75, 3.05) is 9.80 Å². The molecule has 3 heteroatoms. The van der Waals surface area contributed by atoms with E-state index in [0.717, 1.165) is 212 Å². The number of hydrogen-bond acceptors (Lipinski definition) is 2. The fraction of sp³-hybridized carbons (Fsp3) is 0. The van der Waals surface area contributed by atoms with Crippen molar-refractivity contribution in [1.82, 2.24) is 0 Å². The van der Waals surface area contributed by atoms with Crippen LogP contribution in [0, 0.1) is 0 Å². The molecule has 2 aliphatic rings. The van der Waals surface area contributed by atoms with Crippen LogP contribution in [0.4, 0.5) is 34.1 Å². The van der Waals surface area contributed by atoms with Crippen molar-refractivity contribution in [2.45, 2.75) is 0 Å². The average molecular weight is 1640 g/mol. The van der Waals surface area contributed by atoms with Gasteiger partial charge in [-0.15, -0.1) is 0 Å². The standard InChI is InChI=1S/C126H85BN2/c1-11-36-86(37-12-1)96-56-31-60-102(70-96)114-80-112(94-52-27-9-28-53-94)81-115(103-61-32-57-97(71-103)87-38-13-2-14-39-87)125(114)128-120-68-66-100(110-76-106(90-44-19-5-20-45-90)74-107(77-110)91-46-21-6-22-47-91)84-118(120)127-119-85-101(111-78-108(92-48-23-7-24-49-92)75-109(79-111)93-50-25-8-26-51-93)67-69-121(119)129(123-65-35-64-122(128)124(123)127)126-116(104-62-33-58-98(72-104)88-40-15-3-16-41-88)82-113(95-54-29-10-30-55-95)83-117(126)105-63-34-59-99(73-105)89-42-17-4-18-43-89/h1-85H. The van der Waals surface area contributed by atoms with Crippen molar-refractivity contribution in [3.05, 3.63) is 516 Å². The summed E-state index contributed by atoms with van der Waals surface area (Å²) in [6.07, 6.45) is 0. The average Bonchev–Trinajstić information content (AvgIpc) is 0.686. The molecule has 0 amide bonds. The highest BCUT2D eigenvalue weighted by molar-refractivity contribution is 7.00. The lowest BCUT2D eigenvalue weighted by atomic mass is 9.33. The molecule has 602 valence electrons. The second-order valence-electron chi connectivity index (χ2n) is 33.8. The minimum absolute atomic E-state index is 0.387. The lowest BCUT2D eigenvalue weighted by Crippen LogP contribution is -2.61. The Balaban J connectivity index is 0.878. The van der Waals surface area contributed by atoms with Gasteiger partial charge in [0.2, 0.25) is 0 Å². The lowest BCUT2D eigenvalue weighted by Gasteiger charge is -2.46. The Bertz CT molecular complexity index is 6960. The van der Waals surface area contributed by atoms with Crippen molar-refractivity contribution < 1.29 is 0 Å². The van der Waals surface area contributed by atoms with E-state index in [9.17, 15) is 0 Å². The Morgan fingerprint density at radius 2 is 0.287 bits per heavy atom. The van der Waals surface area contributed by atoms with E-state index < -0.39 is 0 Å². The van der Waals surface area contributed by atoms with Crippen molar-refractivity contribution >= 4 is 57.2 Å². The normalized spacial score (nSPS) is 11.8. The lowest BCUT2D eigenvalue weighted by molar-refractivity contribution is 1.25. The Morgan fingerprint density at radius 3 is 0.519 bits per heavy atom. The summed E-state index contributed by atoms with van der Waals surface area (Å²) in [4.78, 5) is 5.40. The number of benzene rings is 21. The largest absolute Gasteiger partial charge is 0.310 e. The highest BCUT2D eigenvalue weighted by Crippen LogP contribution is 2.56. The Labute approximate surface area is 755 Å². The maximum atomic E-state index is 2.70. The highest BCUT2D eigenvalue weighted by Gasteiger charge is 2.46. The molecule has 2 heterocycles. The molecule has 0 N–H and O–H groups in total. The van der Waals surface area contributed by atoms with Crippen LogP contribution in [0.2, 0.25) is 0 Å². The van der Waals surface area contributed by atoms with Crippen LogP contribution in [-0.4, -0.2) is 6.71 Å². The van der Waals surface area contributed by atoms with Gasteiger partial charge in [0, 0.05) is 45.0 Å². The smallest absolute Gasteiger partial charge is 0.252 e. The van der Waals surface area contributed by atoms with Crippen LogP contribution < -0.4 is 26.2 Å². The molecule has 21 aromatic rings. The van der Waals surface area contributed by atoms with E-state index in [1.165, 1.54) is 16.4 Å². The molecule has 0 saturated carbocycles. The van der Waals surface area contributed by atoms with E-state index in [-0.39, 0.29) is 6.71 Å². The predicted octanol–water partition coefficient (Wildman–Crippen LogP) is 32.4. The molecular weight excluding hydrogens is 1550 g/mol. The minimum Gasteiger partial charge on any atom is -0.310 e. The minimum atomic E-state index is -0.387. The quantitative estimate of drug-likeness (QED) is 0.0790. The van der Waals surface area contributed by atoms with Gasteiger partial charge in [0.25, 0.3) is 6.71 Å². The maximum Gasteiger partial charge on any atom is 0.252 e. The first-order valence-electron chi connectivity index (χ1n) is 44.6. The van der Waals surface area contributed by atoms with Crippen LogP contribution in [0.15, 0.2) is 516 Å². The van der Waals surface area contributed by atoms with E-state index in [2.05, 4.69) is 525 Å². The first kappa shape index (κ1) is 77.1. The molecule has 23 rings (SSSR count). The molecular formula is C126H85BN2. The molecule has 0 unspecified atom stereocenters. The summed E-state index contributed by atoms with van der Waals surface area (Å²) >= 11 is 0. The molecule has 0 spiro atoms. The van der Waals surface area contributed by atoms with Gasteiger partial charge in [0.15, 0.2) is 0 Å². The Hall–Kier alpha value is -16.7. The monoisotopic (exact) mass is 1640 g/mol. The van der Waals surface area contributed by atoms with Gasteiger partial charge in [-0.3, -0.25) is 0 Å². The number of nitrogens with zero attached hydrogens (tertiary/aromatic N) is 2. The number of rotatable bonds is 18. The van der Waals surface area contributed by atoms with Crippen LogP contribution in [0.5, 0.6) is 0 Å². The molecule has 0 aliphatic carbocycles. The van der Waals surface area contributed by atoms with Gasteiger partial charge < -0.3 is 9.80 Å². The topological polar surface area (TPSA) is 6.48 Å². The molecule has 0 radical (unpaired) electrons. The van der Waals surface area contributed by atoms with E-state index in [1.54, 1.807) is 0 Å². The second-order valence-corrected chi connectivity index (χ2v) is 33.8. The molecule has 0 saturated heterocycles. The molecule has 21 aromatic carbocycles. The van der Waals surface area contributed by atoms with E-state index in [0.29, 0.717) is 0 Å². The predicted molar refractivity (Wildman–Crippen MR) is 547 cm³/mol. The van der Waals surface area contributed by atoms with Crippen molar-refractivity contribution in [1.29, 1.82) is 0 Å². The van der Waals surface area contributed by atoms with Crippen LogP contribution >= 0.6 is 0 Å². The molecule has 2 aliphatic heterocycles. The van der Waals surface area contributed by atoms with Gasteiger partial charge >= 0.3 is 0 Å². The van der Waals surface area contributed by atoms with Crippen LogP contribution in [0.1, 0.15) is 0 Å². The Kier molecular flexibility index (Phi) is 20.2. The number of fused-ring (bicyclic) bond motifs is 4. The molecule has 129 heavy (non-hydrogen) atoms. The summed E-state index contributed by atoms with van der Waals surface area (Å²) in [5.74, 6) is 0. The summed E-state index contributed by atoms with van der Waals surface area (Å²) in [7, 11) is 0. The number of hydrogen-bond donors (Lipinski definition) is 0. The zero-order valence-corrected chi connectivity index (χ0v) is 71.0. The second kappa shape index (κ2) is 33.7. The van der Waals surface area contributed by atoms with E-state index in [4.69, 9.17) is 0 Å². The summed E-state index contributed by atoms with van der Waals surface area (Å²) in [5, 5.41) is 0. The zero-order valence-electron chi connectivity index (χ0n) is 71.0. The summed E-state index contributed by atoms with van der Waals surface area (Å²) in [6, 6.07) is 193. The van der Waals surface area contributed by atoms with Crippen LogP contribution in [0.3, 0.4) is 0 Å². The van der Waals surface area contributed by atoms with Crippen molar-refractivity contribution in [3.8, 4) is 178 Å². The molecule has 2 nitrogen and oxygen atoms in total. The maximum absolute atomic E-state index is 2.70. The van der Waals surface area contributed by atoms with Crippen LogP contribution in [-0.2, 0) is 0 Å².